The van der Waals surface area contributed by atoms with Crippen LogP contribution >= 0.6 is 0 Å². The van der Waals surface area contributed by atoms with Crippen LogP contribution in [0.2, 0.25) is 0 Å². The molecule has 0 fully saturated rings. The fraction of sp³-hybridized carbons (Fsp3) is 0.278. The summed E-state index contributed by atoms with van der Waals surface area (Å²) in [5.41, 5.74) is 3.52. The largest absolute Gasteiger partial charge is 0.426 e. The Balaban J connectivity index is 2.10. The lowest BCUT2D eigenvalue weighted by Gasteiger charge is -2.09. The van der Waals surface area contributed by atoms with Crippen LogP contribution < -0.4 is 4.74 Å². The van der Waals surface area contributed by atoms with Crippen molar-refractivity contribution in [1.29, 1.82) is 0 Å². The molecule has 0 saturated heterocycles. The molecular weight excluding hydrogens is 248 g/mol. The molecule has 1 atom stereocenters. The Labute approximate surface area is 120 Å². The van der Waals surface area contributed by atoms with E-state index in [1.54, 1.807) is 0 Å². The molecule has 104 valence electrons. The van der Waals surface area contributed by atoms with Crippen molar-refractivity contribution in [1.82, 2.24) is 0 Å². The second-order valence-electron chi connectivity index (χ2n) is 5.12. The summed E-state index contributed by atoms with van der Waals surface area (Å²) in [6.07, 6.45) is 0.792. The molecule has 0 radical (unpaired) electrons. The number of hydrogen-bond acceptors (Lipinski definition) is 2. The Hall–Kier alpha value is -2.09. The summed E-state index contributed by atoms with van der Waals surface area (Å²) in [7, 11) is 0. The summed E-state index contributed by atoms with van der Waals surface area (Å²) in [5.74, 6) is 0.369. The molecule has 2 aromatic carbocycles. The molecule has 2 rings (SSSR count). The molecule has 1 unspecified atom stereocenters. The van der Waals surface area contributed by atoms with Gasteiger partial charge < -0.3 is 4.74 Å². The Morgan fingerprint density at radius 2 is 1.50 bits per heavy atom. The molecule has 2 heteroatoms. The van der Waals surface area contributed by atoms with Crippen molar-refractivity contribution >= 4 is 5.97 Å². The molecule has 2 nitrogen and oxygen atoms in total. The Morgan fingerprint density at radius 3 is 2.00 bits per heavy atom. The average Bonchev–Trinajstić information content (AvgIpc) is 2.48. The van der Waals surface area contributed by atoms with Crippen molar-refractivity contribution in [3.05, 3.63) is 54.1 Å². The zero-order chi connectivity index (χ0) is 14.5. The first-order valence-electron chi connectivity index (χ1n) is 6.99. The summed E-state index contributed by atoms with van der Waals surface area (Å²) < 4.78 is 5.34. The fourth-order valence-corrected chi connectivity index (χ4v) is 1.84. The van der Waals surface area contributed by atoms with Gasteiger partial charge >= 0.3 is 5.97 Å². The van der Waals surface area contributed by atoms with Crippen molar-refractivity contribution in [2.75, 3.05) is 0 Å². The van der Waals surface area contributed by atoms with E-state index >= 15 is 0 Å². The van der Waals surface area contributed by atoms with Crippen molar-refractivity contribution in [2.24, 2.45) is 5.92 Å². The summed E-state index contributed by atoms with van der Waals surface area (Å²) in [6.45, 7) is 5.93. The van der Waals surface area contributed by atoms with Crippen LogP contribution in [0.15, 0.2) is 48.5 Å². The van der Waals surface area contributed by atoms with Crippen molar-refractivity contribution in [2.45, 2.75) is 27.2 Å². The Morgan fingerprint density at radius 1 is 1.00 bits per heavy atom. The van der Waals surface area contributed by atoms with E-state index in [1.165, 1.54) is 5.56 Å². The van der Waals surface area contributed by atoms with Gasteiger partial charge in [-0.15, -0.1) is 0 Å². The lowest BCUT2D eigenvalue weighted by atomic mass is 10.0. The molecule has 0 heterocycles. The summed E-state index contributed by atoms with van der Waals surface area (Å²) >= 11 is 0. The number of esters is 1. The zero-order valence-corrected chi connectivity index (χ0v) is 12.2. The van der Waals surface area contributed by atoms with Crippen molar-refractivity contribution < 1.29 is 9.53 Å². The summed E-state index contributed by atoms with van der Waals surface area (Å²) in [4.78, 5) is 11.7. The molecule has 2 aromatic rings. The van der Waals surface area contributed by atoms with Gasteiger partial charge in [-0.25, -0.2) is 0 Å². The maximum Gasteiger partial charge on any atom is 0.314 e. The van der Waals surface area contributed by atoms with Gasteiger partial charge in [-0.3, -0.25) is 4.79 Å². The first-order chi connectivity index (χ1) is 9.60. The third-order valence-corrected chi connectivity index (χ3v) is 3.47. The molecular formula is C18H20O2. The maximum atomic E-state index is 11.7. The molecule has 20 heavy (non-hydrogen) atoms. The standard InChI is InChI=1S/C18H20O2/c1-4-14(3)18(19)20-17-11-9-16(10-12-17)15-7-5-13(2)6-8-15/h5-12,14H,4H2,1-3H3. The third kappa shape index (κ3) is 3.47. The van der Waals surface area contributed by atoms with Gasteiger partial charge in [0.2, 0.25) is 0 Å². The smallest absolute Gasteiger partial charge is 0.314 e. The van der Waals surface area contributed by atoms with E-state index < -0.39 is 0 Å². The highest BCUT2D eigenvalue weighted by Crippen LogP contribution is 2.23. The van der Waals surface area contributed by atoms with Crippen LogP contribution in [0, 0.1) is 12.8 Å². The molecule has 0 aliphatic carbocycles. The number of benzene rings is 2. The Bertz CT molecular complexity index is 567. The minimum Gasteiger partial charge on any atom is -0.426 e. The van der Waals surface area contributed by atoms with E-state index in [0.717, 1.165) is 17.5 Å². The zero-order valence-electron chi connectivity index (χ0n) is 12.2. The molecule has 0 aliphatic rings. The highest BCUT2D eigenvalue weighted by atomic mass is 16.5. The van der Waals surface area contributed by atoms with Gasteiger partial charge in [-0.1, -0.05) is 55.8 Å². The summed E-state index contributed by atoms with van der Waals surface area (Å²) in [5, 5.41) is 0. The second-order valence-corrected chi connectivity index (χ2v) is 5.12. The van der Waals surface area contributed by atoms with Crippen LogP contribution in [0.1, 0.15) is 25.8 Å². The predicted molar refractivity (Wildman–Crippen MR) is 81.7 cm³/mol. The van der Waals surface area contributed by atoms with Gasteiger partial charge in [-0.2, -0.15) is 0 Å². The number of rotatable bonds is 4. The number of ether oxygens (including phenoxy) is 1. The minimum atomic E-state index is -0.171. The minimum absolute atomic E-state index is 0.0632. The molecule has 0 spiro atoms. The van der Waals surface area contributed by atoms with E-state index in [1.807, 2.05) is 38.1 Å². The van der Waals surface area contributed by atoms with Crippen LogP contribution in [0.25, 0.3) is 11.1 Å². The fourth-order valence-electron chi connectivity index (χ4n) is 1.84. The monoisotopic (exact) mass is 268 g/mol. The third-order valence-electron chi connectivity index (χ3n) is 3.47. The average molecular weight is 268 g/mol. The first kappa shape index (κ1) is 14.3. The van der Waals surface area contributed by atoms with Gasteiger partial charge in [-0.05, 0) is 36.6 Å². The van der Waals surface area contributed by atoms with Gasteiger partial charge in [0.1, 0.15) is 5.75 Å². The van der Waals surface area contributed by atoms with Gasteiger partial charge in [0.25, 0.3) is 0 Å². The summed E-state index contributed by atoms with van der Waals surface area (Å²) in [6, 6.07) is 16.0. The van der Waals surface area contributed by atoms with Crippen LogP contribution in [-0.4, -0.2) is 5.97 Å². The highest BCUT2D eigenvalue weighted by molar-refractivity contribution is 5.75. The predicted octanol–water partition coefficient (Wildman–Crippen LogP) is 4.61. The SMILES string of the molecule is CCC(C)C(=O)Oc1ccc(-c2ccc(C)cc2)cc1. The van der Waals surface area contributed by atoms with Crippen LogP contribution in [0.4, 0.5) is 0 Å². The normalized spacial score (nSPS) is 11.9. The molecule has 0 bridgehead atoms. The lowest BCUT2D eigenvalue weighted by molar-refractivity contribution is -0.138. The number of hydrogen-bond donors (Lipinski definition) is 0. The number of carbonyl (C=O) groups excluding carboxylic acids is 1. The van der Waals surface area contributed by atoms with E-state index in [-0.39, 0.29) is 11.9 Å². The molecule has 0 aliphatic heterocycles. The van der Waals surface area contributed by atoms with Crippen LogP contribution in [0.3, 0.4) is 0 Å². The van der Waals surface area contributed by atoms with E-state index in [9.17, 15) is 4.79 Å². The van der Waals surface area contributed by atoms with E-state index in [2.05, 4.69) is 31.2 Å². The molecule has 0 amide bonds. The van der Waals surface area contributed by atoms with Crippen LogP contribution in [0.5, 0.6) is 5.75 Å². The van der Waals surface area contributed by atoms with Gasteiger partial charge in [0.05, 0.1) is 5.92 Å². The number of aryl methyl sites for hydroxylation is 1. The van der Waals surface area contributed by atoms with E-state index in [0.29, 0.717) is 5.75 Å². The lowest BCUT2D eigenvalue weighted by Crippen LogP contribution is -2.16. The van der Waals surface area contributed by atoms with Gasteiger partial charge in [0, 0.05) is 0 Å². The molecule has 0 saturated carbocycles. The van der Waals surface area contributed by atoms with Crippen LogP contribution in [-0.2, 0) is 4.79 Å². The Kier molecular flexibility index (Phi) is 4.57. The van der Waals surface area contributed by atoms with Crippen molar-refractivity contribution in [3.8, 4) is 16.9 Å². The van der Waals surface area contributed by atoms with Crippen molar-refractivity contribution in [3.63, 3.8) is 0 Å². The first-order valence-corrected chi connectivity index (χ1v) is 6.99. The quantitative estimate of drug-likeness (QED) is 0.597. The van der Waals surface area contributed by atoms with E-state index in [4.69, 9.17) is 4.74 Å². The highest BCUT2D eigenvalue weighted by Gasteiger charge is 2.12. The van der Waals surface area contributed by atoms with Gasteiger partial charge in [0.15, 0.2) is 0 Å². The molecule has 0 aromatic heterocycles. The number of carbonyl (C=O) groups is 1. The topological polar surface area (TPSA) is 26.3 Å². The maximum absolute atomic E-state index is 11.7. The molecule has 0 N–H and O–H groups in total. The second kappa shape index (κ2) is 6.38.